The fourth-order valence-corrected chi connectivity index (χ4v) is 5.50. The average molecular weight is 485 g/mol. The molecule has 35 heavy (non-hydrogen) atoms. The molecule has 4 aromatic rings. The number of aryl methyl sites for hydroxylation is 1. The molecular formula is C29H28N2O3S. The van der Waals surface area contributed by atoms with E-state index < -0.39 is 0 Å². The number of hydrogen-bond donors (Lipinski definition) is 1. The van der Waals surface area contributed by atoms with Crippen LogP contribution in [0.3, 0.4) is 0 Å². The van der Waals surface area contributed by atoms with E-state index in [0.29, 0.717) is 27.9 Å². The molecule has 5 rings (SSSR count). The Labute approximate surface area is 209 Å². The number of fused-ring (bicyclic) bond motifs is 1. The van der Waals surface area contributed by atoms with Gasteiger partial charge in [0.2, 0.25) is 0 Å². The highest BCUT2D eigenvalue weighted by atomic mass is 32.2. The summed E-state index contributed by atoms with van der Waals surface area (Å²) in [6, 6.07) is 20.8. The van der Waals surface area contributed by atoms with Crippen molar-refractivity contribution in [3.63, 3.8) is 0 Å². The molecule has 1 fully saturated rings. The van der Waals surface area contributed by atoms with Crippen LogP contribution in [0, 0.1) is 13.8 Å². The van der Waals surface area contributed by atoms with Crippen molar-refractivity contribution in [2.75, 3.05) is 29.9 Å². The topological polar surface area (TPSA) is 62.6 Å². The highest BCUT2D eigenvalue weighted by Gasteiger charge is 2.19. The van der Waals surface area contributed by atoms with Crippen molar-refractivity contribution >= 4 is 34.3 Å². The van der Waals surface area contributed by atoms with Crippen molar-refractivity contribution in [3.8, 4) is 11.3 Å². The van der Waals surface area contributed by atoms with Gasteiger partial charge in [-0.2, -0.15) is 11.8 Å². The Balaban J connectivity index is 1.45. The van der Waals surface area contributed by atoms with E-state index in [9.17, 15) is 9.59 Å². The first-order valence-corrected chi connectivity index (χ1v) is 13.0. The van der Waals surface area contributed by atoms with Gasteiger partial charge in [-0.25, -0.2) is 0 Å². The van der Waals surface area contributed by atoms with Gasteiger partial charge in [0.05, 0.1) is 10.9 Å². The summed E-state index contributed by atoms with van der Waals surface area (Å²) in [6.07, 6.45) is 0. The molecule has 0 bridgehead atoms. The summed E-state index contributed by atoms with van der Waals surface area (Å²) in [6.45, 7) is 6.91. The van der Waals surface area contributed by atoms with Gasteiger partial charge in [0.1, 0.15) is 5.76 Å². The van der Waals surface area contributed by atoms with Crippen molar-refractivity contribution in [1.82, 2.24) is 4.90 Å². The molecule has 0 aliphatic carbocycles. The number of nitrogens with zero attached hydrogens (tertiary/aromatic N) is 1. The van der Waals surface area contributed by atoms with Crippen molar-refractivity contribution < 1.29 is 9.21 Å². The highest BCUT2D eigenvalue weighted by Crippen LogP contribution is 2.28. The summed E-state index contributed by atoms with van der Waals surface area (Å²) >= 11 is 2.00. The zero-order chi connectivity index (χ0) is 24.4. The normalized spacial score (nSPS) is 14.2. The van der Waals surface area contributed by atoms with Crippen LogP contribution < -0.4 is 10.7 Å². The molecule has 2 heterocycles. The molecule has 0 spiro atoms. The van der Waals surface area contributed by atoms with Crippen LogP contribution in [-0.2, 0) is 6.54 Å². The molecule has 0 radical (unpaired) electrons. The van der Waals surface area contributed by atoms with Crippen LogP contribution in [0.25, 0.3) is 22.3 Å². The first-order chi connectivity index (χ1) is 17.0. The van der Waals surface area contributed by atoms with Crippen LogP contribution >= 0.6 is 11.8 Å². The average Bonchev–Trinajstić information content (AvgIpc) is 2.88. The van der Waals surface area contributed by atoms with E-state index in [4.69, 9.17) is 4.42 Å². The first-order valence-electron chi connectivity index (χ1n) is 11.8. The van der Waals surface area contributed by atoms with Gasteiger partial charge in [-0.3, -0.25) is 14.5 Å². The minimum absolute atomic E-state index is 0.128. The lowest BCUT2D eigenvalue weighted by Crippen LogP contribution is -2.31. The van der Waals surface area contributed by atoms with Gasteiger partial charge in [0.15, 0.2) is 11.0 Å². The Kier molecular flexibility index (Phi) is 6.75. The number of carbonyl (C=O) groups is 1. The van der Waals surface area contributed by atoms with Gasteiger partial charge in [-0.05, 0) is 43.2 Å². The molecule has 178 valence electrons. The minimum Gasteiger partial charge on any atom is -0.455 e. The number of thioether (sulfide) groups is 1. The highest BCUT2D eigenvalue weighted by molar-refractivity contribution is 7.99. The second-order valence-electron chi connectivity index (χ2n) is 8.93. The molecule has 0 saturated carbocycles. The lowest BCUT2D eigenvalue weighted by molar-refractivity contribution is 0.102. The number of carbonyl (C=O) groups excluding carboxylic acids is 1. The van der Waals surface area contributed by atoms with E-state index in [0.717, 1.165) is 36.4 Å². The quantitative estimate of drug-likeness (QED) is 0.383. The van der Waals surface area contributed by atoms with E-state index in [-0.39, 0.29) is 11.3 Å². The summed E-state index contributed by atoms with van der Waals surface area (Å²) in [5, 5.41) is 3.43. The first kappa shape index (κ1) is 23.4. The monoisotopic (exact) mass is 484 g/mol. The number of rotatable bonds is 5. The van der Waals surface area contributed by atoms with Gasteiger partial charge in [0, 0.05) is 48.0 Å². The molecule has 1 aliphatic heterocycles. The van der Waals surface area contributed by atoms with E-state index >= 15 is 0 Å². The largest absolute Gasteiger partial charge is 0.455 e. The Morgan fingerprint density at radius 3 is 2.51 bits per heavy atom. The van der Waals surface area contributed by atoms with E-state index in [1.807, 2.05) is 55.1 Å². The lowest BCUT2D eigenvalue weighted by Gasteiger charge is -2.26. The summed E-state index contributed by atoms with van der Waals surface area (Å²) < 4.78 is 6.22. The van der Waals surface area contributed by atoms with Crippen molar-refractivity contribution in [1.29, 1.82) is 0 Å². The number of nitrogens with one attached hydrogen (secondary N) is 1. The third-order valence-corrected chi connectivity index (χ3v) is 7.42. The molecule has 0 atom stereocenters. The third kappa shape index (κ3) is 4.90. The van der Waals surface area contributed by atoms with Crippen molar-refractivity contribution in [2.45, 2.75) is 20.4 Å². The second-order valence-corrected chi connectivity index (χ2v) is 10.2. The molecule has 1 aliphatic rings. The third-order valence-electron chi connectivity index (χ3n) is 6.47. The predicted octanol–water partition coefficient (Wildman–Crippen LogP) is 5.88. The fraction of sp³-hybridized carbons (Fsp3) is 0.241. The van der Waals surface area contributed by atoms with Gasteiger partial charge in [-0.15, -0.1) is 0 Å². The van der Waals surface area contributed by atoms with Gasteiger partial charge < -0.3 is 9.73 Å². The van der Waals surface area contributed by atoms with Crippen molar-refractivity contribution in [3.05, 3.63) is 99.2 Å². The van der Waals surface area contributed by atoms with Crippen LogP contribution in [-0.4, -0.2) is 35.4 Å². The minimum atomic E-state index is -0.300. The van der Waals surface area contributed by atoms with Gasteiger partial charge >= 0.3 is 0 Å². The smallest absolute Gasteiger partial charge is 0.259 e. The van der Waals surface area contributed by atoms with E-state index in [1.54, 1.807) is 25.1 Å². The van der Waals surface area contributed by atoms with Crippen LogP contribution in [0.4, 0.5) is 5.69 Å². The number of anilines is 1. The molecule has 6 heteroatoms. The standard InChI is InChI=1S/C29H28N2O3S/c1-19-17-21(18-31-13-15-35-16-14-31)11-12-25(19)30-29(33)24-10-6-9-23-26(32)20(2)27(34-28(23)24)22-7-4-3-5-8-22/h3-12,17H,13-16,18H2,1-2H3,(H,30,33). The van der Waals surface area contributed by atoms with Gasteiger partial charge in [-0.1, -0.05) is 48.5 Å². The summed E-state index contributed by atoms with van der Waals surface area (Å²) in [5.41, 5.74) is 4.84. The molecule has 1 N–H and O–H groups in total. The maximum Gasteiger partial charge on any atom is 0.259 e. The second kappa shape index (κ2) is 10.1. The Morgan fingerprint density at radius 1 is 1.00 bits per heavy atom. The molecule has 5 nitrogen and oxygen atoms in total. The Hall–Kier alpha value is -3.35. The van der Waals surface area contributed by atoms with Crippen LogP contribution in [0.2, 0.25) is 0 Å². The maximum absolute atomic E-state index is 13.3. The zero-order valence-electron chi connectivity index (χ0n) is 20.0. The molecule has 1 amide bonds. The predicted molar refractivity (Wildman–Crippen MR) is 144 cm³/mol. The van der Waals surface area contributed by atoms with Crippen LogP contribution in [0.15, 0.2) is 75.9 Å². The van der Waals surface area contributed by atoms with Crippen LogP contribution in [0.5, 0.6) is 0 Å². The zero-order valence-corrected chi connectivity index (χ0v) is 20.8. The number of amides is 1. The summed E-state index contributed by atoms with van der Waals surface area (Å²) in [5.74, 6) is 2.55. The molecule has 0 unspecified atom stereocenters. The van der Waals surface area contributed by atoms with E-state index in [2.05, 4.69) is 22.3 Å². The Morgan fingerprint density at radius 2 is 1.77 bits per heavy atom. The molecular weight excluding hydrogens is 456 g/mol. The number of para-hydroxylation sites is 1. The van der Waals surface area contributed by atoms with Crippen LogP contribution in [0.1, 0.15) is 27.0 Å². The number of hydrogen-bond acceptors (Lipinski definition) is 5. The maximum atomic E-state index is 13.3. The van der Waals surface area contributed by atoms with Crippen molar-refractivity contribution in [2.24, 2.45) is 0 Å². The molecule has 3 aromatic carbocycles. The van der Waals surface area contributed by atoms with E-state index in [1.165, 1.54) is 17.1 Å². The summed E-state index contributed by atoms with van der Waals surface area (Å²) in [4.78, 5) is 28.9. The SMILES string of the molecule is Cc1cc(CN2CCSCC2)ccc1NC(=O)c1cccc2c(=O)c(C)c(-c3ccccc3)oc12. The summed E-state index contributed by atoms with van der Waals surface area (Å²) in [7, 11) is 0. The fourth-order valence-electron chi connectivity index (χ4n) is 4.52. The number of benzene rings is 3. The lowest BCUT2D eigenvalue weighted by atomic mass is 10.0. The Bertz CT molecular complexity index is 1440. The van der Waals surface area contributed by atoms with Gasteiger partial charge in [0.25, 0.3) is 5.91 Å². The molecule has 1 saturated heterocycles. The molecule has 1 aromatic heterocycles.